The molecule has 0 radical (unpaired) electrons. The number of benzene rings is 2. The van der Waals surface area contributed by atoms with Crippen LogP contribution in [0.15, 0.2) is 41.3 Å². The summed E-state index contributed by atoms with van der Waals surface area (Å²) in [5.41, 5.74) is 5.70. The topological polar surface area (TPSA) is 76.0 Å². The van der Waals surface area contributed by atoms with E-state index in [1.165, 1.54) is 25.7 Å². The van der Waals surface area contributed by atoms with Crippen LogP contribution in [0.1, 0.15) is 50.2 Å². The first kappa shape index (κ1) is 29.1. The van der Waals surface area contributed by atoms with Gasteiger partial charge in [0.2, 0.25) is 0 Å². The number of hydrogen-bond acceptors (Lipinski definition) is 6. The van der Waals surface area contributed by atoms with Gasteiger partial charge in [0.05, 0.1) is 0 Å². The number of phenols is 3. The first-order valence-corrected chi connectivity index (χ1v) is 12.0. The minimum atomic E-state index is -0.0204. The molecule has 0 amide bonds. The molecular weight excluding hydrogens is 556 g/mol. The average molecular weight is 592 g/mol. The van der Waals surface area contributed by atoms with Gasteiger partial charge in [-0.15, -0.1) is 45.7 Å². The number of nitrogens with one attached hydrogen (secondary N) is 1. The highest BCUT2D eigenvalue weighted by atomic mass is 79.9. The smallest absolute Gasteiger partial charge is 0.160 e. The zero-order valence-electron chi connectivity index (χ0n) is 18.6. The summed E-state index contributed by atoms with van der Waals surface area (Å²) in [5.74, 6) is 1.29. The van der Waals surface area contributed by atoms with Gasteiger partial charge in [-0.3, -0.25) is 5.43 Å². The van der Waals surface area contributed by atoms with Crippen molar-refractivity contribution in [3.63, 3.8) is 0 Å². The van der Waals surface area contributed by atoms with Crippen LogP contribution in [0.5, 0.6) is 17.2 Å². The molecular formula is C24H36Br2N2O3S. The number of halogens is 2. The molecule has 1 aliphatic rings. The third kappa shape index (κ3) is 8.45. The van der Waals surface area contributed by atoms with E-state index in [4.69, 9.17) is 0 Å². The fourth-order valence-corrected chi connectivity index (χ4v) is 4.83. The summed E-state index contributed by atoms with van der Waals surface area (Å²) in [4.78, 5) is 1.16. The molecule has 0 bridgehead atoms. The van der Waals surface area contributed by atoms with Crippen molar-refractivity contribution in [1.29, 1.82) is 0 Å². The van der Waals surface area contributed by atoms with Crippen molar-refractivity contribution in [2.24, 2.45) is 0 Å². The Balaban J connectivity index is 0.00000256. The van der Waals surface area contributed by atoms with E-state index in [0.717, 1.165) is 54.1 Å². The van der Waals surface area contributed by atoms with Gasteiger partial charge in [-0.05, 0) is 61.6 Å². The van der Waals surface area contributed by atoms with Crippen molar-refractivity contribution in [1.82, 2.24) is 10.4 Å². The number of phenolic OH excluding ortho intramolecular Hbond substituents is 3. The van der Waals surface area contributed by atoms with Gasteiger partial charge in [-0.2, -0.15) is 0 Å². The summed E-state index contributed by atoms with van der Waals surface area (Å²) in [6.45, 7) is 4.13. The summed E-state index contributed by atoms with van der Waals surface area (Å²) in [7, 11) is 0. The summed E-state index contributed by atoms with van der Waals surface area (Å²) in [6.07, 6.45) is 7.56. The SMILES string of the molecule is Br.Br.CCCCCCN(NCCSc1ccc(O)cc1)C1CCc2c(ccc(O)c2O)C1. The Labute approximate surface area is 217 Å². The minimum Gasteiger partial charge on any atom is -0.508 e. The second-order valence-corrected chi connectivity index (χ2v) is 9.14. The molecule has 1 aliphatic carbocycles. The largest absolute Gasteiger partial charge is 0.508 e. The minimum absolute atomic E-state index is 0. The Morgan fingerprint density at radius 3 is 2.47 bits per heavy atom. The van der Waals surface area contributed by atoms with Crippen molar-refractivity contribution in [3.8, 4) is 17.2 Å². The number of rotatable bonds is 11. The fourth-order valence-electron chi connectivity index (χ4n) is 4.07. The molecule has 0 aromatic heterocycles. The van der Waals surface area contributed by atoms with Crippen LogP contribution in [-0.2, 0) is 12.8 Å². The van der Waals surface area contributed by atoms with E-state index in [-0.39, 0.29) is 45.5 Å². The van der Waals surface area contributed by atoms with Crippen LogP contribution in [0.4, 0.5) is 0 Å². The predicted octanol–water partition coefficient (Wildman–Crippen LogP) is 6.00. The molecule has 0 heterocycles. The van der Waals surface area contributed by atoms with Crippen LogP contribution in [0.25, 0.3) is 0 Å². The lowest BCUT2D eigenvalue weighted by Crippen LogP contribution is -2.49. The first-order chi connectivity index (χ1) is 14.6. The number of nitrogens with zero attached hydrogens (tertiary/aromatic N) is 1. The molecule has 8 heteroatoms. The van der Waals surface area contributed by atoms with Gasteiger partial charge in [-0.1, -0.05) is 32.3 Å². The molecule has 0 spiro atoms. The Bertz CT molecular complexity index is 809. The van der Waals surface area contributed by atoms with E-state index in [9.17, 15) is 15.3 Å². The van der Waals surface area contributed by atoms with Crippen LogP contribution in [0.2, 0.25) is 0 Å². The van der Waals surface area contributed by atoms with Gasteiger partial charge in [0, 0.05) is 35.3 Å². The van der Waals surface area contributed by atoms with Gasteiger partial charge in [0.25, 0.3) is 0 Å². The Morgan fingerprint density at radius 1 is 1.00 bits per heavy atom. The summed E-state index contributed by atoms with van der Waals surface area (Å²) in [6, 6.07) is 11.3. The van der Waals surface area contributed by atoms with Gasteiger partial charge in [-0.25, -0.2) is 5.01 Å². The highest BCUT2D eigenvalue weighted by molar-refractivity contribution is 8.93. The fraction of sp³-hybridized carbons (Fsp3) is 0.500. The monoisotopic (exact) mass is 590 g/mol. The zero-order valence-corrected chi connectivity index (χ0v) is 22.9. The van der Waals surface area contributed by atoms with Crippen LogP contribution in [0.3, 0.4) is 0 Å². The maximum absolute atomic E-state index is 10.2. The number of hydrogen-bond donors (Lipinski definition) is 4. The number of fused-ring (bicyclic) bond motifs is 1. The normalized spacial score (nSPS) is 15.0. The second kappa shape index (κ2) is 15.1. The summed E-state index contributed by atoms with van der Waals surface area (Å²) >= 11 is 1.78. The highest BCUT2D eigenvalue weighted by Gasteiger charge is 2.26. The molecule has 3 rings (SSSR count). The molecule has 5 nitrogen and oxygen atoms in total. The van der Waals surface area contributed by atoms with Crippen LogP contribution < -0.4 is 5.43 Å². The van der Waals surface area contributed by atoms with Crippen molar-refractivity contribution < 1.29 is 15.3 Å². The van der Waals surface area contributed by atoms with Gasteiger partial charge in [0.15, 0.2) is 11.5 Å². The standard InChI is InChI=1S/C24H34N2O3S.2BrH/c1-2-3-4-5-15-26(25-14-16-30-21-10-8-20(27)9-11-21)19-7-12-22-18(17-19)6-13-23(28)24(22)29;;/h6,8-11,13,19,25,27-29H,2-5,7,12,14-17H2,1H3;2*1H. The van der Waals surface area contributed by atoms with Crippen LogP contribution >= 0.6 is 45.7 Å². The van der Waals surface area contributed by atoms with E-state index in [2.05, 4.69) is 17.4 Å². The first-order valence-electron chi connectivity index (χ1n) is 11.0. The molecule has 180 valence electrons. The quantitative estimate of drug-likeness (QED) is 0.111. The van der Waals surface area contributed by atoms with Gasteiger partial charge in [0.1, 0.15) is 5.75 Å². The Hall–Kier alpha value is -0.930. The van der Waals surface area contributed by atoms with Crippen molar-refractivity contribution >= 4 is 45.7 Å². The molecule has 1 atom stereocenters. The molecule has 2 aromatic carbocycles. The third-order valence-corrected chi connectivity index (χ3v) is 6.77. The number of thioether (sulfide) groups is 1. The maximum atomic E-state index is 10.2. The number of unbranched alkanes of at least 4 members (excludes halogenated alkanes) is 3. The number of hydrazine groups is 1. The molecule has 0 saturated carbocycles. The summed E-state index contributed by atoms with van der Waals surface area (Å²) in [5, 5.41) is 31.8. The third-order valence-electron chi connectivity index (χ3n) is 5.76. The van der Waals surface area contributed by atoms with E-state index < -0.39 is 0 Å². The molecule has 1 unspecified atom stereocenters. The van der Waals surface area contributed by atoms with Crippen LogP contribution in [0, 0.1) is 0 Å². The Morgan fingerprint density at radius 2 is 1.75 bits per heavy atom. The molecule has 0 fully saturated rings. The van der Waals surface area contributed by atoms with Gasteiger partial charge < -0.3 is 15.3 Å². The molecule has 0 saturated heterocycles. The highest BCUT2D eigenvalue weighted by Crippen LogP contribution is 2.36. The van der Waals surface area contributed by atoms with Crippen molar-refractivity contribution in [2.45, 2.75) is 62.8 Å². The lowest BCUT2D eigenvalue weighted by Gasteiger charge is -2.36. The molecule has 2 aromatic rings. The molecule has 32 heavy (non-hydrogen) atoms. The van der Waals surface area contributed by atoms with E-state index in [0.29, 0.717) is 11.8 Å². The van der Waals surface area contributed by atoms with E-state index in [1.807, 2.05) is 18.2 Å². The molecule has 0 aliphatic heterocycles. The van der Waals surface area contributed by atoms with Crippen molar-refractivity contribution in [2.75, 3.05) is 18.8 Å². The molecule has 4 N–H and O–H groups in total. The average Bonchev–Trinajstić information content (AvgIpc) is 2.76. The summed E-state index contributed by atoms with van der Waals surface area (Å²) < 4.78 is 0. The van der Waals surface area contributed by atoms with E-state index >= 15 is 0 Å². The lowest BCUT2D eigenvalue weighted by molar-refractivity contribution is 0.112. The Kier molecular flexibility index (Phi) is 13.7. The maximum Gasteiger partial charge on any atom is 0.160 e. The second-order valence-electron chi connectivity index (χ2n) is 7.97. The van der Waals surface area contributed by atoms with Crippen LogP contribution in [-0.4, -0.2) is 45.2 Å². The predicted molar refractivity (Wildman–Crippen MR) is 144 cm³/mol. The van der Waals surface area contributed by atoms with Crippen molar-refractivity contribution in [3.05, 3.63) is 47.5 Å². The van der Waals surface area contributed by atoms with Gasteiger partial charge >= 0.3 is 0 Å². The lowest BCUT2D eigenvalue weighted by atomic mass is 9.87. The van der Waals surface area contributed by atoms with E-state index in [1.54, 1.807) is 30.0 Å². The number of aromatic hydroxyl groups is 3. The zero-order chi connectivity index (χ0) is 21.3.